The molecule has 16 heavy (non-hydrogen) atoms. The highest BCUT2D eigenvalue weighted by molar-refractivity contribution is 5.27. The van der Waals surface area contributed by atoms with Gasteiger partial charge in [-0.25, -0.2) is 0 Å². The molecule has 0 atom stereocenters. The van der Waals surface area contributed by atoms with Gasteiger partial charge in [0.05, 0.1) is 13.7 Å². The molecule has 0 aliphatic carbocycles. The molecule has 0 radical (unpaired) electrons. The van der Waals surface area contributed by atoms with Crippen LogP contribution in [-0.4, -0.2) is 20.3 Å². The minimum atomic E-state index is 0.546. The Labute approximate surface area is 99.6 Å². The predicted molar refractivity (Wildman–Crippen MR) is 69.4 cm³/mol. The van der Waals surface area contributed by atoms with Gasteiger partial charge >= 0.3 is 0 Å². The molecule has 0 aromatic carbocycles. The maximum Gasteiger partial charge on any atom is 0.123 e. The van der Waals surface area contributed by atoms with Crippen LogP contribution in [0.1, 0.15) is 32.6 Å². The summed E-state index contributed by atoms with van der Waals surface area (Å²) in [4.78, 5) is 0. The van der Waals surface area contributed by atoms with Crippen LogP contribution in [0.4, 0.5) is 0 Å². The molecule has 0 fully saturated rings. The Morgan fingerprint density at radius 3 is 2.38 bits per heavy atom. The number of hydrogen-bond acceptors (Lipinski definition) is 2. The first kappa shape index (κ1) is 15.0. The van der Waals surface area contributed by atoms with Crippen LogP contribution in [0, 0.1) is 0 Å². The normalized spacial score (nSPS) is 11.9. The number of rotatable bonds is 10. The van der Waals surface area contributed by atoms with E-state index >= 15 is 0 Å². The van der Waals surface area contributed by atoms with E-state index in [4.69, 9.17) is 9.47 Å². The second-order valence-electron chi connectivity index (χ2n) is 3.62. The third-order valence-corrected chi connectivity index (χ3v) is 2.37. The van der Waals surface area contributed by atoms with E-state index in [0.717, 1.165) is 24.4 Å². The molecule has 0 heterocycles. The molecule has 0 rings (SSSR count). The standard InChI is InChI=1S/C14H24O2/c1-5-8-9-10-11-16-12-13(6-2)14(7-3)15-4/h6-7H,2-3,5,8-12H2,1,4H3/b14-13-. The van der Waals surface area contributed by atoms with Gasteiger partial charge < -0.3 is 9.47 Å². The minimum absolute atomic E-state index is 0.546. The lowest BCUT2D eigenvalue weighted by Gasteiger charge is -2.08. The molecule has 0 bridgehead atoms. The zero-order valence-electron chi connectivity index (χ0n) is 10.6. The lowest BCUT2D eigenvalue weighted by atomic mass is 10.2. The average molecular weight is 224 g/mol. The van der Waals surface area contributed by atoms with Crippen LogP contribution >= 0.6 is 0 Å². The second-order valence-corrected chi connectivity index (χ2v) is 3.62. The van der Waals surface area contributed by atoms with Crippen LogP contribution in [-0.2, 0) is 9.47 Å². The lowest BCUT2D eigenvalue weighted by molar-refractivity contribution is 0.149. The molecule has 0 aliphatic heterocycles. The number of unbranched alkanes of at least 4 members (excludes halogenated alkanes) is 3. The van der Waals surface area contributed by atoms with Crippen molar-refractivity contribution in [1.29, 1.82) is 0 Å². The van der Waals surface area contributed by atoms with Crippen LogP contribution in [0.15, 0.2) is 36.6 Å². The molecular formula is C14H24O2. The van der Waals surface area contributed by atoms with E-state index in [0.29, 0.717) is 6.61 Å². The van der Waals surface area contributed by atoms with Gasteiger partial charge in [-0.15, -0.1) is 0 Å². The van der Waals surface area contributed by atoms with Gasteiger partial charge in [-0.3, -0.25) is 0 Å². The van der Waals surface area contributed by atoms with Crippen molar-refractivity contribution in [3.8, 4) is 0 Å². The zero-order chi connectivity index (χ0) is 12.2. The van der Waals surface area contributed by atoms with Crippen molar-refractivity contribution < 1.29 is 9.47 Å². The van der Waals surface area contributed by atoms with E-state index in [2.05, 4.69) is 20.1 Å². The van der Waals surface area contributed by atoms with E-state index in [1.165, 1.54) is 19.3 Å². The Morgan fingerprint density at radius 2 is 1.88 bits per heavy atom. The molecule has 0 aromatic heterocycles. The molecule has 2 nitrogen and oxygen atoms in total. The van der Waals surface area contributed by atoms with Crippen molar-refractivity contribution in [2.24, 2.45) is 0 Å². The molecular weight excluding hydrogens is 200 g/mol. The molecule has 0 saturated carbocycles. The third-order valence-electron chi connectivity index (χ3n) is 2.37. The SMILES string of the molecule is C=C/C(COCCCCCC)=C(\C=C)OC. The maximum atomic E-state index is 5.56. The Bertz CT molecular complexity index is 229. The summed E-state index contributed by atoms with van der Waals surface area (Å²) in [6, 6.07) is 0. The van der Waals surface area contributed by atoms with Crippen LogP contribution in [0.5, 0.6) is 0 Å². The van der Waals surface area contributed by atoms with Crippen LogP contribution in [0.2, 0.25) is 0 Å². The summed E-state index contributed by atoms with van der Waals surface area (Å²) in [6.45, 7) is 11.0. The average Bonchev–Trinajstić information content (AvgIpc) is 2.32. The van der Waals surface area contributed by atoms with Gasteiger partial charge in [0.15, 0.2) is 0 Å². The smallest absolute Gasteiger partial charge is 0.123 e. The van der Waals surface area contributed by atoms with Gasteiger partial charge in [0, 0.05) is 12.2 Å². The van der Waals surface area contributed by atoms with Crippen molar-refractivity contribution >= 4 is 0 Å². The number of ether oxygens (including phenoxy) is 2. The van der Waals surface area contributed by atoms with Crippen molar-refractivity contribution in [2.45, 2.75) is 32.6 Å². The molecule has 0 N–H and O–H groups in total. The van der Waals surface area contributed by atoms with Crippen molar-refractivity contribution in [3.05, 3.63) is 36.6 Å². The third kappa shape index (κ3) is 6.46. The second kappa shape index (κ2) is 10.5. The molecule has 0 aliphatic rings. The van der Waals surface area contributed by atoms with E-state index in [-0.39, 0.29) is 0 Å². The van der Waals surface area contributed by atoms with Gasteiger partial charge in [-0.1, -0.05) is 45.4 Å². The number of hydrogen-bond donors (Lipinski definition) is 0. The largest absolute Gasteiger partial charge is 0.496 e. The van der Waals surface area contributed by atoms with E-state index in [1.54, 1.807) is 19.3 Å². The van der Waals surface area contributed by atoms with Gasteiger partial charge in [0.1, 0.15) is 5.76 Å². The molecule has 0 unspecified atom stereocenters. The van der Waals surface area contributed by atoms with Crippen LogP contribution < -0.4 is 0 Å². The lowest BCUT2D eigenvalue weighted by Crippen LogP contribution is -2.02. The fourth-order valence-electron chi connectivity index (χ4n) is 1.39. The summed E-state index contributed by atoms with van der Waals surface area (Å²) >= 11 is 0. The Balaban J connectivity index is 3.83. The van der Waals surface area contributed by atoms with Crippen molar-refractivity contribution in [3.63, 3.8) is 0 Å². The van der Waals surface area contributed by atoms with Gasteiger partial charge in [0.2, 0.25) is 0 Å². The van der Waals surface area contributed by atoms with Crippen molar-refractivity contribution in [2.75, 3.05) is 20.3 Å². The summed E-state index contributed by atoms with van der Waals surface area (Å²) < 4.78 is 10.7. The Kier molecular flexibility index (Phi) is 9.83. The van der Waals surface area contributed by atoms with E-state index in [1.807, 2.05) is 0 Å². The molecule has 0 aromatic rings. The first-order chi connectivity index (χ1) is 7.79. The maximum absolute atomic E-state index is 5.56. The molecule has 92 valence electrons. The van der Waals surface area contributed by atoms with E-state index < -0.39 is 0 Å². The Hall–Kier alpha value is -1.02. The molecule has 0 saturated heterocycles. The quantitative estimate of drug-likeness (QED) is 0.319. The van der Waals surface area contributed by atoms with Gasteiger partial charge in [-0.05, 0) is 12.5 Å². The fourth-order valence-corrected chi connectivity index (χ4v) is 1.39. The highest BCUT2D eigenvalue weighted by Gasteiger charge is 2.00. The first-order valence-corrected chi connectivity index (χ1v) is 5.89. The molecule has 2 heteroatoms. The summed E-state index contributed by atoms with van der Waals surface area (Å²) in [5, 5.41) is 0. The highest BCUT2D eigenvalue weighted by Crippen LogP contribution is 2.09. The number of allylic oxidation sites excluding steroid dienone is 1. The number of methoxy groups -OCH3 is 1. The predicted octanol–water partition coefficient (Wildman–Crippen LogP) is 3.86. The fraction of sp³-hybridized carbons (Fsp3) is 0.571. The topological polar surface area (TPSA) is 18.5 Å². The van der Waals surface area contributed by atoms with Gasteiger partial charge in [0.25, 0.3) is 0 Å². The first-order valence-electron chi connectivity index (χ1n) is 5.89. The van der Waals surface area contributed by atoms with E-state index in [9.17, 15) is 0 Å². The van der Waals surface area contributed by atoms with Crippen LogP contribution in [0.25, 0.3) is 0 Å². The van der Waals surface area contributed by atoms with Crippen molar-refractivity contribution in [1.82, 2.24) is 0 Å². The molecule has 0 spiro atoms. The summed E-state index contributed by atoms with van der Waals surface area (Å²) in [5.74, 6) is 0.739. The summed E-state index contributed by atoms with van der Waals surface area (Å²) in [5.41, 5.74) is 0.952. The minimum Gasteiger partial charge on any atom is -0.496 e. The summed E-state index contributed by atoms with van der Waals surface area (Å²) in [6.07, 6.45) is 8.33. The van der Waals surface area contributed by atoms with Crippen LogP contribution in [0.3, 0.4) is 0 Å². The zero-order valence-corrected chi connectivity index (χ0v) is 10.6. The summed E-state index contributed by atoms with van der Waals surface area (Å²) in [7, 11) is 1.63. The highest BCUT2D eigenvalue weighted by atomic mass is 16.5. The molecule has 0 amide bonds. The van der Waals surface area contributed by atoms with Gasteiger partial charge in [-0.2, -0.15) is 0 Å². The Morgan fingerprint density at radius 1 is 1.12 bits per heavy atom. The monoisotopic (exact) mass is 224 g/mol.